The molecule has 2 amide bonds. The molecule has 4 rings (SSSR count). The number of anilines is 1. The van der Waals surface area contributed by atoms with Crippen molar-refractivity contribution in [3.63, 3.8) is 0 Å². The maximum absolute atomic E-state index is 12.5. The van der Waals surface area contributed by atoms with Gasteiger partial charge in [-0.05, 0) is 54.7 Å². The van der Waals surface area contributed by atoms with Crippen LogP contribution in [-0.4, -0.2) is 28.6 Å². The summed E-state index contributed by atoms with van der Waals surface area (Å²) in [7, 11) is 0. The Morgan fingerprint density at radius 2 is 2.08 bits per heavy atom. The second kappa shape index (κ2) is 5.97. The zero-order chi connectivity index (χ0) is 17.4. The van der Waals surface area contributed by atoms with Gasteiger partial charge in [-0.25, -0.2) is 10.5 Å². The van der Waals surface area contributed by atoms with E-state index >= 15 is 0 Å². The third-order valence-corrected chi connectivity index (χ3v) is 5.31. The van der Waals surface area contributed by atoms with E-state index in [-0.39, 0.29) is 11.3 Å². The molecule has 0 bridgehead atoms. The Bertz CT molecular complexity index is 837. The van der Waals surface area contributed by atoms with E-state index in [9.17, 15) is 9.59 Å². The van der Waals surface area contributed by atoms with Crippen LogP contribution in [0, 0.1) is 5.41 Å². The first-order chi connectivity index (χ1) is 12.1. The number of nitrogens with zero attached hydrogens (tertiary/aromatic N) is 2. The molecule has 0 saturated carbocycles. The van der Waals surface area contributed by atoms with Crippen molar-refractivity contribution in [1.82, 2.24) is 10.5 Å². The number of carbonyl (C=O) groups excluding carboxylic acids is 2. The van der Waals surface area contributed by atoms with Crippen molar-refractivity contribution < 1.29 is 14.8 Å². The molecule has 2 heterocycles. The summed E-state index contributed by atoms with van der Waals surface area (Å²) in [6.07, 6.45) is 4.78. The fraction of sp³-hybridized carbons (Fsp3) is 0.316. The fourth-order valence-electron chi connectivity index (χ4n) is 4.03. The number of fused-ring (bicyclic) bond motifs is 1. The Morgan fingerprint density at radius 1 is 1.20 bits per heavy atom. The van der Waals surface area contributed by atoms with Gasteiger partial charge in [-0.1, -0.05) is 12.1 Å². The number of pyridine rings is 1. The molecule has 2 aliphatic rings. The number of aromatic nitrogens is 1. The number of hydrogen-bond acceptors (Lipinski definition) is 4. The normalized spacial score (nSPS) is 22.1. The van der Waals surface area contributed by atoms with Gasteiger partial charge in [0.15, 0.2) is 0 Å². The maximum atomic E-state index is 12.5. The number of carbonyl (C=O) groups is 2. The van der Waals surface area contributed by atoms with Crippen molar-refractivity contribution in [2.45, 2.75) is 25.7 Å². The minimum atomic E-state index is -0.500. The zero-order valence-corrected chi connectivity index (χ0v) is 13.7. The van der Waals surface area contributed by atoms with Crippen molar-refractivity contribution in [2.24, 2.45) is 5.41 Å². The Hall–Kier alpha value is -2.73. The first kappa shape index (κ1) is 15.8. The maximum Gasteiger partial charge on any atom is 0.274 e. The SMILES string of the molecule is O=C(NO)c1ccc2c(c1)CCC1(CC(=O)N(c3ccccn3)C1)C2. The van der Waals surface area contributed by atoms with Crippen LogP contribution in [0.3, 0.4) is 0 Å². The van der Waals surface area contributed by atoms with Gasteiger partial charge in [-0.15, -0.1) is 0 Å². The summed E-state index contributed by atoms with van der Waals surface area (Å²) < 4.78 is 0. The van der Waals surface area contributed by atoms with Crippen LogP contribution in [0.25, 0.3) is 0 Å². The topological polar surface area (TPSA) is 82.5 Å². The van der Waals surface area contributed by atoms with E-state index in [2.05, 4.69) is 4.98 Å². The number of hydroxylamine groups is 1. The summed E-state index contributed by atoms with van der Waals surface area (Å²) in [5, 5.41) is 8.78. The lowest BCUT2D eigenvalue weighted by molar-refractivity contribution is -0.117. The first-order valence-electron chi connectivity index (χ1n) is 8.38. The van der Waals surface area contributed by atoms with Crippen LogP contribution >= 0.6 is 0 Å². The van der Waals surface area contributed by atoms with Crippen LogP contribution in [0.5, 0.6) is 0 Å². The van der Waals surface area contributed by atoms with Gasteiger partial charge in [0, 0.05) is 30.1 Å². The minimum absolute atomic E-state index is 0.0671. The van der Waals surface area contributed by atoms with E-state index in [0.717, 1.165) is 24.8 Å². The van der Waals surface area contributed by atoms with Gasteiger partial charge >= 0.3 is 0 Å². The lowest BCUT2D eigenvalue weighted by atomic mass is 9.71. The van der Waals surface area contributed by atoms with E-state index in [1.54, 1.807) is 22.6 Å². The van der Waals surface area contributed by atoms with E-state index < -0.39 is 5.91 Å². The molecule has 2 N–H and O–H groups in total. The van der Waals surface area contributed by atoms with E-state index in [1.807, 2.05) is 30.3 Å². The highest BCUT2D eigenvalue weighted by atomic mass is 16.5. The van der Waals surface area contributed by atoms with Gasteiger partial charge < -0.3 is 0 Å². The summed E-state index contributed by atoms with van der Waals surface area (Å²) >= 11 is 0. The minimum Gasteiger partial charge on any atom is -0.296 e. The monoisotopic (exact) mass is 337 g/mol. The summed E-state index contributed by atoms with van der Waals surface area (Å²) in [6, 6.07) is 11.1. The molecular formula is C19H19N3O3. The second-order valence-corrected chi connectivity index (χ2v) is 6.95. The quantitative estimate of drug-likeness (QED) is 0.649. The highest BCUT2D eigenvalue weighted by Gasteiger charge is 2.45. The second-order valence-electron chi connectivity index (χ2n) is 6.95. The summed E-state index contributed by atoms with van der Waals surface area (Å²) in [4.78, 5) is 30.2. The van der Waals surface area contributed by atoms with Gasteiger partial charge in [-0.2, -0.15) is 0 Å². The number of amides is 2. The number of benzene rings is 1. The molecule has 1 saturated heterocycles. The smallest absolute Gasteiger partial charge is 0.274 e. The van der Waals surface area contributed by atoms with Crippen LogP contribution in [0.4, 0.5) is 5.82 Å². The molecule has 1 atom stereocenters. The van der Waals surface area contributed by atoms with Gasteiger partial charge in [0.05, 0.1) is 0 Å². The zero-order valence-electron chi connectivity index (χ0n) is 13.7. The molecule has 2 aromatic rings. The average Bonchev–Trinajstić information content (AvgIpc) is 2.97. The van der Waals surface area contributed by atoms with Crippen LogP contribution in [0.1, 0.15) is 34.3 Å². The molecule has 25 heavy (non-hydrogen) atoms. The molecule has 0 radical (unpaired) electrons. The average molecular weight is 337 g/mol. The molecule has 1 aliphatic heterocycles. The molecule has 128 valence electrons. The molecule has 6 heteroatoms. The van der Waals surface area contributed by atoms with Gasteiger partial charge in [0.2, 0.25) is 5.91 Å². The molecule has 1 unspecified atom stereocenters. The summed E-state index contributed by atoms with van der Waals surface area (Å²) in [5.41, 5.74) is 4.35. The van der Waals surface area contributed by atoms with E-state index in [1.165, 1.54) is 5.56 Å². The largest absolute Gasteiger partial charge is 0.296 e. The third-order valence-electron chi connectivity index (χ3n) is 5.31. The summed E-state index contributed by atoms with van der Waals surface area (Å²) in [5.74, 6) is 0.337. The summed E-state index contributed by atoms with van der Waals surface area (Å²) in [6.45, 7) is 0.682. The van der Waals surface area contributed by atoms with Crippen molar-refractivity contribution >= 4 is 17.6 Å². The van der Waals surface area contributed by atoms with Crippen LogP contribution in [0.15, 0.2) is 42.6 Å². The molecule has 1 fully saturated rings. The van der Waals surface area contributed by atoms with Gasteiger partial charge in [-0.3, -0.25) is 19.7 Å². The van der Waals surface area contributed by atoms with Crippen molar-refractivity contribution in [3.8, 4) is 0 Å². The van der Waals surface area contributed by atoms with Crippen molar-refractivity contribution in [3.05, 3.63) is 59.3 Å². The molecule has 6 nitrogen and oxygen atoms in total. The van der Waals surface area contributed by atoms with Gasteiger partial charge in [0.1, 0.15) is 5.82 Å². The van der Waals surface area contributed by atoms with Crippen molar-refractivity contribution in [2.75, 3.05) is 11.4 Å². The number of aryl methyl sites for hydroxylation is 1. The van der Waals surface area contributed by atoms with Crippen LogP contribution in [0.2, 0.25) is 0 Å². The molecule has 1 spiro atoms. The number of hydrogen-bond donors (Lipinski definition) is 2. The molecule has 1 aromatic heterocycles. The van der Waals surface area contributed by atoms with Crippen LogP contribution < -0.4 is 10.4 Å². The van der Waals surface area contributed by atoms with Gasteiger partial charge in [0.25, 0.3) is 5.91 Å². The van der Waals surface area contributed by atoms with Crippen LogP contribution in [-0.2, 0) is 17.6 Å². The van der Waals surface area contributed by atoms with E-state index in [4.69, 9.17) is 5.21 Å². The Balaban J connectivity index is 1.58. The Morgan fingerprint density at radius 3 is 2.84 bits per heavy atom. The Labute approximate surface area is 145 Å². The van der Waals surface area contributed by atoms with Crippen molar-refractivity contribution in [1.29, 1.82) is 0 Å². The number of rotatable bonds is 2. The highest BCUT2D eigenvalue weighted by Crippen LogP contribution is 2.44. The standard InChI is InChI=1S/C19H19N3O3/c23-17-11-19(12-22(17)16-3-1-2-8-20-16)7-6-13-9-14(18(24)21-25)4-5-15(13)10-19/h1-5,8-9,25H,6-7,10-12H2,(H,21,24). The molecule has 1 aliphatic carbocycles. The number of nitrogens with one attached hydrogen (secondary N) is 1. The Kier molecular flexibility index (Phi) is 3.77. The van der Waals surface area contributed by atoms with E-state index in [0.29, 0.717) is 24.3 Å². The fourth-order valence-corrected chi connectivity index (χ4v) is 4.03. The molecular weight excluding hydrogens is 318 g/mol. The predicted octanol–water partition coefficient (Wildman–Crippen LogP) is 2.11. The third kappa shape index (κ3) is 2.78. The first-order valence-corrected chi connectivity index (χ1v) is 8.38. The lowest BCUT2D eigenvalue weighted by Crippen LogP contribution is -2.33. The molecule has 1 aromatic carbocycles. The predicted molar refractivity (Wildman–Crippen MR) is 91.4 cm³/mol. The highest BCUT2D eigenvalue weighted by molar-refractivity contribution is 5.96. The lowest BCUT2D eigenvalue weighted by Gasteiger charge is -2.34.